The number of fused-ring (bicyclic) bond motifs is 1. The molecular formula is C22H19FN2O. The van der Waals surface area contributed by atoms with Gasteiger partial charge in [0.1, 0.15) is 12.0 Å². The van der Waals surface area contributed by atoms with Gasteiger partial charge in [0, 0.05) is 23.4 Å². The lowest BCUT2D eigenvalue weighted by atomic mass is 10.1. The predicted octanol–water partition coefficient (Wildman–Crippen LogP) is 4.90. The lowest BCUT2D eigenvalue weighted by Gasteiger charge is -2.27. The summed E-state index contributed by atoms with van der Waals surface area (Å²) in [6.45, 7) is 2.22. The quantitative estimate of drug-likeness (QED) is 0.729. The van der Waals surface area contributed by atoms with Gasteiger partial charge in [-0.05, 0) is 36.2 Å². The molecule has 1 aliphatic rings. The van der Waals surface area contributed by atoms with E-state index in [1.54, 1.807) is 17.9 Å². The fraction of sp³-hybridized carbons (Fsp3) is 0.136. The van der Waals surface area contributed by atoms with E-state index in [-0.39, 0.29) is 17.9 Å². The van der Waals surface area contributed by atoms with E-state index in [9.17, 15) is 9.18 Å². The molecule has 1 N–H and O–H groups in total. The van der Waals surface area contributed by atoms with Crippen LogP contribution < -0.4 is 5.32 Å². The molecule has 0 aromatic heterocycles. The lowest BCUT2D eigenvalue weighted by Crippen LogP contribution is -2.31. The maximum Gasteiger partial charge on any atom is 0.256 e. The molecule has 1 atom stereocenters. The van der Waals surface area contributed by atoms with E-state index >= 15 is 0 Å². The zero-order valence-corrected chi connectivity index (χ0v) is 14.4. The van der Waals surface area contributed by atoms with Crippen molar-refractivity contribution < 1.29 is 9.18 Å². The van der Waals surface area contributed by atoms with Crippen molar-refractivity contribution in [3.8, 4) is 0 Å². The smallest absolute Gasteiger partial charge is 0.256 e. The summed E-state index contributed by atoms with van der Waals surface area (Å²) in [7, 11) is 0. The topological polar surface area (TPSA) is 32.3 Å². The summed E-state index contributed by atoms with van der Waals surface area (Å²) in [4.78, 5) is 14.7. The molecule has 1 heterocycles. The molecule has 0 saturated carbocycles. The second-order valence-corrected chi connectivity index (χ2v) is 6.52. The minimum atomic E-state index is -0.332. The van der Waals surface area contributed by atoms with Crippen molar-refractivity contribution in [1.29, 1.82) is 0 Å². The number of amides is 1. The van der Waals surface area contributed by atoms with Crippen LogP contribution in [-0.4, -0.2) is 10.8 Å². The van der Waals surface area contributed by atoms with Crippen LogP contribution in [-0.2, 0) is 6.54 Å². The molecule has 3 nitrogen and oxygen atoms in total. The van der Waals surface area contributed by atoms with Gasteiger partial charge in [-0.3, -0.25) is 4.79 Å². The van der Waals surface area contributed by atoms with Gasteiger partial charge in [0.05, 0.1) is 0 Å². The Morgan fingerprint density at radius 3 is 2.50 bits per heavy atom. The molecule has 26 heavy (non-hydrogen) atoms. The van der Waals surface area contributed by atoms with E-state index in [4.69, 9.17) is 0 Å². The normalized spacial score (nSPS) is 15.8. The van der Waals surface area contributed by atoms with Gasteiger partial charge in [0.2, 0.25) is 0 Å². The second-order valence-electron chi connectivity index (χ2n) is 6.52. The average molecular weight is 346 g/mol. The highest BCUT2D eigenvalue weighted by atomic mass is 19.1. The third kappa shape index (κ3) is 2.94. The zero-order chi connectivity index (χ0) is 18.1. The number of rotatable bonds is 4. The minimum absolute atomic E-state index is 0.0189. The molecule has 130 valence electrons. The molecule has 4 rings (SSSR count). The molecular weight excluding hydrogens is 327 g/mol. The average Bonchev–Trinajstić information content (AvgIpc) is 2.92. The Morgan fingerprint density at radius 1 is 1.00 bits per heavy atom. The third-order valence-electron chi connectivity index (χ3n) is 4.73. The summed E-state index contributed by atoms with van der Waals surface area (Å²) in [6.07, 6.45) is -0.332. The van der Waals surface area contributed by atoms with Crippen LogP contribution in [0.5, 0.6) is 0 Å². The number of nitrogens with one attached hydrogen (secondary N) is 1. The van der Waals surface area contributed by atoms with Gasteiger partial charge in [0.25, 0.3) is 5.91 Å². The fourth-order valence-electron chi connectivity index (χ4n) is 3.31. The van der Waals surface area contributed by atoms with E-state index < -0.39 is 0 Å². The van der Waals surface area contributed by atoms with Gasteiger partial charge in [-0.15, -0.1) is 0 Å². The first-order chi connectivity index (χ1) is 12.6. The van der Waals surface area contributed by atoms with Gasteiger partial charge in [-0.1, -0.05) is 54.6 Å². The van der Waals surface area contributed by atoms with Crippen molar-refractivity contribution >= 4 is 11.6 Å². The number of benzene rings is 3. The lowest BCUT2D eigenvalue weighted by molar-refractivity contribution is 0.0729. The summed E-state index contributed by atoms with van der Waals surface area (Å²) in [5.41, 5.74) is 3.90. The molecule has 0 bridgehead atoms. The molecule has 0 spiro atoms. The Labute approximate surface area is 152 Å². The Kier molecular flexibility index (Phi) is 4.17. The Balaban J connectivity index is 1.69. The largest absolute Gasteiger partial charge is 0.361 e. The highest BCUT2D eigenvalue weighted by Crippen LogP contribution is 2.35. The molecule has 0 aliphatic carbocycles. The fourth-order valence-corrected chi connectivity index (χ4v) is 3.31. The van der Waals surface area contributed by atoms with Crippen molar-refractivity contribution in [1.82, 2.24) is 4.90 Å². The van der Waals surface area contributed by atoms with Gasteiger partial charge in [0.15, 0.2) is 0 Å². The number of carbonyl (C=O) groups excluding carboxylic acids is 1. The first kappa shape index (κ1) is 16.3. The number of hydrogen-bond acceptors (Lipinski definition) is 2. The van der Waals surface area contributed by atoms with Crippen LogP contribution in [0.2, 0.25) is 0 Å². The standard InChI is InChI=1S/C22H19FN2O/c1-15-11-12-17(13-20(15)23)24-21-18-9-5-6-10-19(18)22(26)25(21)14-16-7-3-2-4-8-16/h2-13,21,24H,14H2,1H3/t21-/m0/s1. The van der Waals surface area contributed by atoms with Gasteiger partial charge in [-0.2, -0.15) is 0 Å². The number of aryl methyl sites for hydroxylation is 1. The highest BCUT2D eigenvalue weighted by molar-refractivity contribution is 5.99. The summed E-state index contributed by atoms with van der Waals surface area (Å²) in [6, 6.07) is 22.5. The molecule has 1 amide bonds. The van der Waals surface area contributed by atoms with Crippen molar-refractivity contribution in [3.05, 3.63) is 101 Å². The number of anilines is 1. The van der Waals surface area contributed by atoms with Crippen molar-refractivity contribution in [2.24, 2.45) is 0 Å². The predicted molar refractivity (Wildman–Crippen MR) is 100 cm³/mol. The number of nitrogens with zero attached hydrogens (tertiary/aromatic N) is 1. The Hall–Kier alpha value is -3.14. The molecule has 0 radical (unpaired) electrons. The van der Waals surface area contributed by atoms with Crippen LogP contribution in [0.1, 0.15) is 33.2 Å². The molecule has 1 aliphatic heterocycles. The SMILES string of the molecule is Cc1ccc(N[C@@H]2c3ccccc3C(=O)N2Cc2ccccc2)cc1F. The minimum Gasteiger partial charge on any atom is -0.361 e. The summed E-state index contributed by atoms with van der Waals surface area (Å²) < 4.78 is 13.9. The van der Waals surface area contributed by atoms with Crippen LogP contribution in [0.25, 0.3) is 0 Å². The Bertz CT molecular complexity index is 955. The van der Waals surface area contributed by atoms with E-state index in [1.807, 2.05) is 60.7 Å². The van der Waals surface area contributed by atoms with E-state index in [0.717, 1.165) is 11.1 Å². The van der Waals surface area contributed by atoms with E-state index in [0.29, 0.717) is 23.4 Å². The van der Waals surface area contributed by atoms with Crippen molar-refractivity contribution in [2.75, 3.05) is 5.32 Å². The zero-order valence-electron chi connectivity index (χ0n) is 14.4. The molecule has 4 heteroatoms. The van der Waals surface area contributed by atoms with Crippen LogP contribution in [0.3, 0.4) is 0 Å². The number of carbonyl (C=O) groups is 1. The summed E-state index contributed by atoms with van der Waals surface area (Å²) in [5, 5.41) is 3.33. The summed E-state index contributed by atoms with van der Waals surface area (Å²) in [5.74, 6) is -0.281. The molecule has 0 unspecified atom stereocenters. The number of halogens is 1. The van der Waals surface area contributed by atoms with Crippen molar-refractivity contribution in [3.63, 3.8) is 0 Å². The first-order valence-corrected chi connectivity index (χ1v) is 8.60. The second kappa shape index (κ2) is 6.64. The monoisotopic (exact) mass is 346 g/mol. The maximum absolute atomic E-state index is 13.9. The van der Waals surface area contributed by atoms with Crippen LogP contribution >= 0.6 is 0 Å². The maximum atomic E-state index is 13.9. The highest BCUT2D eigenvalue weighted by Gasteiger charge is 2.36. The third-order valence-corrected chi connectivity index (χ3v) is 4.73. The van der Waals surface area contributed by atoms with Gasteiger partial charge in [-0.25, -0.2) is 4.39 Å². The van der Waals surface area contributed by atoms with Crippen LogP contribution in [0.4, 0.5) is 10.1 Å². The van der Waals surface area contributed by atoms with Gasteiger partial charge >= 0.3 is 0 Å². The molecule has 0 saturated heterocycles. The number of hydrogen-bond donors (Lipinski definition) is 1. The molecule has 3 aromatic carbocycles. The molecule has 0 fully saturated rings. The summed E-state index contributed by atoms with van der Waals surface area (Å²) >= 11 is 0. The van der Waals surface area contributed by atoms with Gasteiger partial charge < -0.3 is 10.2 Å². The van der Waals surface area contributed by atoms with Crippen LogP contribution in [0.15, 0.2) is 72.8 Å². The first-order valence-electron chi connectivity index (χ1n) is 8.60. The van der Waals surface area contributed by atoms with E-state index in [1.165, 1.54) is 6.07 Å². The van der Waals surface area contributed by atoms with E-state index in [2.05, 4.69) is 5.32 Å². The Morgan fingerprint density at radius 2 is 1.73 bits per heavy atom. The molecule has 3 aromatic rings. The van der Waals surface area contributed by atoms with Crippen LogP contribution in [0, 0.1) is 12.7 Å². The van der Waals surface area contributed by atoms with Crippen molar-refractivity contribution in [2.45, 2.75) is 19.6 Å².